The van der Waals surface area contributed by atoms with E-state index in [0.29, 0.717) is 18.3 Å². The van der Waals surface area contributed by atoms with Crippen LogP contribution in [0.3, 0.4) is 0 Å². The van der Waals surface area contributed by atoms with Crippen molar-refractivity contribution in [2.24, 2.45) is 4.99 Å². The van der Waals surface area contributed by atoms with E-state index in [4.69, 9.17) is 0 Å². The molecular weight excluding hydrogens is 366 g/mol. The second-order valence-electron chi connectivity index (χ2n) is 7.36. The maximum Gasteiger partial charge on any atom is 0.272 e. The van der Waals surface area contributed by atoms with Crippen molar-refractivity contribution in [2.45, 2.75) is 66.0 Å². The Morgan fingerprint density at radius 2 is 2.04 bits per heavy atom. The molecule has 1 saturated carbocycles. The van der Waals surface area contributed by atoms with Crippen LogP contribution in [-0.4, -0.2) is 27.5 Å². The molecule has 2 aromatic rings. The Bertz CT molecular complexity index is 876. The summed E-state index contributed by atoms with van der Waals surface area (Å²) in [4.78, 5) is 25.3. The van der Waals surface area contributed by atoms with E-state index in [1.807, 2.05) is 37.3 Å². The Labute approximate surface area is 172 Å². The number of aromatic nitrogens is 1. The Hall–Kier alpha value is -2.27. The van der Waals surface area contributed by atoms with Gasteiger partial charge in [-0.3, -0.25) is 9.79 Å². The van der Waals surface area contributed by atoms with Gasteiger partial charge in [0.2, 0.25) is 0 Å². The topological polar surface area (TPSA) is 45.6 Å². The van der Waals surface area contributed by atoms with Gasteiger partial charge in [-0.2, -0.15) is 0 Å². The highest BCUT2D eigenvalue weighted by Gasteiger charge is 2.30. The molecule has 1 heterocycles. The fraction of sp³-hybridized carbons (Fsp3) is 0.435. The molecule has 1 aromatic heterocycles. The predicted molar refractivity (Wildman–Crippen MR) is 118 cm³/mol. The quantitative estimate of drug-likeness (QED) is 0.441. The van der Waals surface area contributed by atoms with Gasteiger partial charge in [-0.05, 0) is 57.6 Å². The van der Waals surface area contributed by atoms with Crippen LogP contribution in [0.25, 0.3) is 10.4 Å². The van der Waals surface area contributed by atoms with E-state index >= 15 is 0 Å². The molecule has 1 aliphatic carbocycles. The van der Waals surface area contributed by atoms with Gasteiger partial charge in [-0.1, -0.05) is 37.3 Å². The van der Waals surface area contributed by atoms with Gasteiger partial charge in [0.05, 0.1) is 16.1 Å². The SMILES string of the molecule is C/C=C(\N=C(/C)CC)C(=O)N(Cc1ccc(-c2scnc2C)cc1)C1CCC1. The van der Waals surface area contributed by atoms with E-state index in [1.54, 1.807) is 11.3 Å². The summed E-state index contributed by atoms with van der Waals surface area (Å²) in [6.45, 7) is 8.60. The molecule has 0 saturated heterocycles. The Balaban J connectivity index is 1.79. The Morgan fingerprint density at radius 1 is 1.32 bits per heavy atom. The summed E-state index contributed by atoms with van der Waals surface area (Å²) in [5.41, 5.74) is 6.82. The van der Waals surface area contributed by atoms with E-state index in [2.05, 4.69) is 41.2 Å². The van der Waals surface area contributed by atoms with Gasteiger partial charge in [-0.25, -0.2) is 4.98 Å². The molecule has 148 valence electrons. The lowest BCUT2D eigenvalue weighted by Crippen LogP contribution is -2.44. The van der Waals surface area contributed by atoms with Gasteiger partial charge in [0.15, 0.2) is 0 Å². The standard InChI is InChI=1S/C23H29N3OS/c1-5-16(3)25-21(6-2)23(27)26(20-8-7-9-20)14-18-10-12-19(13-11-18)22-17(4)24-15-28-22/h6,10-13,15,20H,5,7-9,14H2,1-4H3/b21-6-,25-16+. The molecule has 28 heavy (non-hydrogen) atoms. The molecule has 1 fully saturated rings. The molecule has 0 bridgehead atoms. The van der Waals surface area contributed by atoms with Crippen LogP contribution in [0, 0.1) is 6.92 Å². The average molecular weight is 396 g/mol. The maximum absolute atomic E-state index is 13.2. The van der Waals surface area contributed by atoms with Crippen LogP contribution in [0.15, 0.2) is 46.5 Å². The molecule has 0 atom stereocenters. The fourth-order valence-electron chi connectivity index (χ4n) is 3.27. The minimum atomic E-state index is 0.0439. The van der Waals surface area contributed by atoms with Crippen molar-refractivity contribution in [1.29, 1.82) is 0 Å². The highest BCUT2D eigenvalue weighted by molar-refractivity contribution is 7.13. The summed E-state index contributed by atoms with van der Waals surface area (Å²) in [6.07, 6.45) is 6.05. The number of benzene rings is 1. The second kappa shape index (κ2) is 9.28. The van der Waals surface area contributed by atoms with E-state index in [1.165, 1.54) is 16.9 Å². The van der Waals surface area contributed by atoms with E-state index in [9.17, 15) is 4.79 Å². The largest absolute Gasteiger partial charge is 0.330 e. The van der Waals surface area contributed by atoms with Crippen molar-refractivity contribution < 1.29 is 4.79 Å². The molecule has 1 aliphatic rings. The Morgan fingerprint density at radius 3 is 2.54 bits per heavy atom. The zero-order chi connectivity index (χ0) is 20.1. The highest BCUT2D eigenvalue weighted by atomic mass is 32.1. The minimum absolute atomic E-state index is 0.0439. The number of hydrogen-bond acceptors (Lipinski definition) is 4. The molecule has 5 heteroatoms. The normalized spacial score (nSPS) is 15.4. The number of hydrogen-bond donors (Lipinski definition) is 0. The number of allylic oxidation sites excluding steroid dienone is 1. The molecule has 0 radical (unpaired) electrons. The van der Waals surface area contributed by atoms with Crippen LogP contribution < -0.4 is 0 Å². The van der Waals surface area contributed by atoms with E-state index in [-0.39, 0.29) is 5.91 Å². The summed E-state index contributed by atoms with van der Waals surface area (Å²) < 4.78 is 0. The maximum atomic E-state index is 13.2. The minimum Gasteiger partial charge on any atom is -0.330 e. The number of aryl methyl sites for hydroxylation is 1. The summed E-state index contributed by atoms with van der Waals surface area (Å²) in [6, 6.07) is 8.85. The van der Waals surface area contributed by atoms with Crippen LogP contribution >= 0.6 is 11.3 Å². The Kier molecular flexibility index (Phi) is 6.79. The molecule has 1 aromatic carbocycles. The number of carbonyl (C=O) groups excluding carboxylic acids is 1. The summed E-state index contributed by atoms with van der Waals surface area (Å²) in [5, 5.41) is 0. The van der Waals surface area contributed by atoms with Gasteiger partial charge in [0.25, 0.3) is 5.91 Å². The summed E-state index contributed by atoms with van der Waals surface area (Å²) >= 11 is 1.66. The molecule has 1 amide bonds. The van der Waals surface area contributed by atoms with Crippen molar-refractivity contribution in [3.05, 3.63) is 52.8 Å². The van der Waals surface area contributed by atoms with Crippen molar-refractivity contribution in [1.82, 2.24) is 9.88 Å². The van der Waals surface area contributed by atoms with Gasteiger partial charge in [0, 0.05) is 18.3 Å². The van der Waals surface area contributed by atoms with Gasteiger partial charge in [0.1, 0.15) is 5.70 Å². The zero-order valence-corrected chi connectivity index (χ0v) is 18.1. The lowest BCUT2D eigenvalue weighted by Gasteiger charge is -2.37. The first-order chi connectivity index (χ1) is 13.5. The first-order valence-electron chi connectivity index (χ1n) is 10.0. The molecule has 4 nitrogen and oxygen atoms in total. The van der Waals surface area contributed by atoms with E-state index < -0.39 is 0 Å². The lowest BCUT2D eigenvalue weighted by atomic mass is 9.90. The van der Waals surface area contributed by atoms with E-state index in [0.717, 1.165) is 36.2 Å². The third-order valence-corrected chi connectivity index (χ3v) is 6.38. The first kappa shape index (κ1) is 20.5. The second-order valence-corrected chi connectivity index (χ2v) is 8.21. The van der Waals surface area contributed by atoms with Crippen LogP contribution in [-0.2, 0) is 11.3 Å². The number of aliphatic imine (C=N–C) groups is 1. The predicted octanol–water partition coefficient (Wildman–Crippen LogP) is 5.77. The van der Waals surface area contributed by atoms with Gasteiger partial charge >= 0.3 is 0 Å². The fourth-order valence-corrected chi connectivity index (χ4v) is 4.08. The van der Waals surface area contributed by atoms with Crippen LogP contribution in [0.2, 0.25) is 0 Å². The van der Waals surface area contributed by atoms with Crippen LogP contribution in [0.5, 0.6) is 0 Å². The smallest absolute Gasteiger partial charge is 0.272 e. The highest BCUT2D eigenvalue weighted by Crippen LogP contribution is 2.30. The average Bonchev–Trinajstić information content (AvgIpc) is 3.10. The molecule has 0 aliphatic heterocycles. The third kappa shape index (κ3) is 4.58. The number of amides is 1. The molecular formula is C23H29N3OS. The van der Waals surface area contributed by atoms with Gasteiger partial charge in [-0.15, -0.1) is 11.3 Å². The zero-order valence-electron chi connectivity index (χ0n) is 17.2. The molecule has 0 spiro atoms. The molecule has 0 N–H and O–H groups in total. The van der Waals surface area contributed by atoms with Crippen molar-refractivity contribution >= 4 is 23.0 Å². The van der Waals surface area contributed by atoms with Crippen molar-refractivity contribution in [3.8, 4) is 10.4 Å². The van der Waals surface area contributed by atoms with Gasteiger partial charge < -0.3 is 4.90 Å². The number of thiazole rings is 1. The summed E-state index contributed by atoms with van der Waals surface area (Å²) in [5.74, 6) is 0.0439. The third-order valence-electron chi connectivity index (χ3n) is 5.41. The first-order valence-corrected chi connectivity index (χ1v) is 10.9. The lowest BCUT2D eigenvalue weighted by molar-refractivity contribution is -0.131. The molecule has 0 unspecified atom stereocenters. The number of nitrogens with zero attached hydrogens (tertiary/aromatic N) is 3. The number of rotatable bonds is 7. The van der Waals surface area contributed by atoms with Crippen LogP contribution in [0.4, 0.5) is 0 Å². The van der Waals surface area contributed by atoms with Crippen LogP contribution in [0.1, 0.15) is 57.7 Å². The van der Waals surface area contributed by atoms with Crippen molar-refractivity contribution in [3.63, 3.8) is 0 Å². The van der Waals surface area contributed by atoms with Crippen molar-refractivity contribution in [2.75, 3.05) is 0 Å². The number of carbonyl (C=O) groups is 1. The molecule has 3 rings (SSSR count). The summed E-state index contributed by atoms with van der Waals surface area (Å²) in [7, 11) is 0. The monoisotopic (exact) mass is 395 g/mol.